The first kappa shape index (κ1) is 40.8. The van der Waals surface area contributed by atoms with Crippen molar-refractivity contribution in [2.75, 3.05) is 4.90 Å². The smallest absolute Gasteiger partial charge is 0.179 e. The van der Waals surface area contributed by atoms with Crippen LogP contribution in [0.1, 0.15) is 16.7 Å². The Morgan fingerprint density at radius 1 is 0.353 bits per heavy atom. The van der Waals surface area contributed by atoms with E-state index in [0.717, 1.165) is 50.2 Å². The summed E-state index contributed by atoms with van der Waals surface area (Å²) in [6.45, 7) is 4.34. The summed E-state index contributed by atoms with van der Waals surface area (Å²) in [7, 11) is -2.84. The Hall–Kier alpha value is -8.69. The van der Waals surface area contributed by atoms with Crippen LogP contribution in [0.5, 0.6) is 0 Å². The molecule has 10 aromatic carbocycles. The molecule has 0 spiro atoms. The summed E-state index contributed by atoms with van der Waals surface area (Å²) < 4.78 is 4.71. The van der Waals surface area contributed by atoms with Crippen molar-refractivity contribution in [1.29, 1.82) is 5.26 Å². The minimum Gasteiger partial charge on any atom is -0.311 e. The van der Waals surface area contributed by atoms with Crippen molar-refractivity contribution in [3.8, 4) is 17.4 Å². The van der Waals surface area contributed by atoms with E-state index in [9.17, 15) is 5.26 Å². The van der Waals surface area contributed by atoms with Crippen molar-refractivity contribution in [2.45, 2.75) is 13.8 Å². The third kappa shape index (κ3) is 6.65. The van der Waals surface area contributed by atoms with Crippen LogP contribution in [0.15, 0.2) is 243 Å². The molecule has 2 aromatic heterocycles. The van der Waals surface area contributed by atoms with Crippen molar-refractivity contribution < 1.29 is 0 Å². The number of aryl methyl sites for hydroxylation is 2. The highest BCUT2D eigenvalue weighted by Crippen LogP contribution is 2.39. The average Bonchev–Trinajstić information content (AvgIpc) is 3.89. The van der Waals surface area contributed by atoms with Gasteiger partial charge in [0.25, 0.3) is 0 Å². The molecular weight excluding hydrogens is 841 g/mol. The molecule has 0 saturated heterocycles. The Morgan fingerprint density at radius 2 is 0.779 bits per heavy atom. The molecule has 0 aliphatic carbocycles. The van der Waals surface area contributed by atoms with E-state index in [1.54, 1.807) is 0 Å². The van der Waals surface area contributed by atoms with Gasteiger partial charge in [-0.25, -0.2) is 0 Å². The Labute approximate surface area is 397 Å². The lowest BCUT2D eigenvalue weighted by Gasteiger charge is -2.35. The highest BCUT2D eigenvalue weighted by molar-refractivity contribution is 7.19. The molecule has 0 N–H and O–H groups in total. The van der Waals surface area contributed by atoms with Crippen LogP contribution in [0.4, 0.5) is 17.1 Å². The van der Waals surface area contributed by atoms with Crippen molar-refractivity contribution in [3.63, 3.8) is 0 Å². The van der Waals surface area contributed by atoms with Crippen molar-refractivity contribution >= 4 is 89.5 Å². The van der Waals surface area contributed by atoms with Gasteiger partial charge < -0.3 is 14.0 Å². The highest BCUT2D eigenvalue weighted by Gasteiger charge is 2.41. The van der Waals surface area contributed by atoms with E-state index < -0.39 is 8.07 Å². The highest BCUT2D eigenvalue weighted by atomic mass is 28.3. The summed E-state index contributed by atoms with van der Waals surface area (Å²) in [4.78, 5) is 2.40. The van der Waals surface area contributed by atoms with Gasteiger partial charge in [0.05, 0.1) is 33.7 Å². The first-order valence-electron chi connectivity index (χ1n) is 23.2. The van der Waals surface area contributed by atoms with Crippen molar-refractivity contribution in [1.82, 2.24) is 9.13 Å². The summed E-state index contributed by atoms with van der Waals surface area (Å²) in [6.07, 6.45) is 0. The van der Waals surface area contributed by atoms with Gasteiger partial charge in [-0.15, -0.1) is 0 Å². The maximum atomic E-state index is 9.80. The number of para-hydroxylation sites is 1. The van der Waals surface area contributed by atoms with Crippen LogP contribution in [0.2, 0.25) is 0 Å². The second-order valence-corrected chi connectivity index (χ2v) is 21.6. The first-order valence-corrected chi connectivity index (χ1v) is 25.2. The van der Waals surface area contributed by atoms with Gasteiger partial charge in [0.2, 0.25) is 0 Å². The number of hydrogen-bond donors (Lipinski definition) is 0. The molecule has 0 aliphatic rings. The van der Waals surface area contributed by atoms with E-state index in [-0.39, 0.29) is 0 Å². The summed E-state index contributed by atoms with van der Waals surface area (Å²) >= 11 is 0. The van der Waals surface area contributed by atoms with E-state index in [1.807, 2.05) is 12.1 Å². The van der Waals surface area contributed by atoms with Crippen LogP contribution in [0.3, 0.4) is 0 Å². The predicted octanol–water partition coefficient (Wildman–Crippen LogP) is 13.2. The number of anilines is 3. The molecule has 68 heavy (non-hydrogen) atoms. The topological polar surface area (TPSA) is 36.9 Å². The molecule has 0 saturated carbocycles. The number of fused-ring (bicyclic) bond motifs is 6. The normalized spacial score (nSPS) is 11.7. The molecule has 0 aliphatic heterocycles. The lowest BCUT2D eigenvalue weighted by Crippen LogP contribution is -2.74. The Morgan fingerprint density at radius 3 is 1.28 bits per heavy atom. The molecule has 322 valence electrons. The molecular formula is C63H46N4Si. The maximum absolute atomic E-state index is 9.80. The SMILES string of the molecule is Cc1ccc2c(c1)c1cc(C)ccc1n2-c1ccc(N(c2ccc(-n3c4ccccc4c4cc(C#N)ccc43)cc2)c2cccc([Si](c3ccccc3)(c3ccccc3)c3ccccc3)c2)cc1. The molecule has 0 fully saturated rings. The summed E-state index contributed by atoms with van der Waals surface area (Å²) in [5, 5.41) is 19.8. The molecule has 0 atom stereocenters. The molecule has 4 nitrogen and oxygen atoms in total. The van der Waals surface area contributed by atoms with Crippen LogP contribution in [0.25, 0.3) is 55.0 Å². The zero-order valence-corrected chi connectivity index (χ0v) is 38.9. The van der Waals surface area contributed by atoms with Crippen molar-refractivity contribution in [3.05, 3.63) is 259 Å². The first-order chi connectivity index (χ1) is 33.5. The van der Waals surface area contributed by atoms with Gasteiger partial charge >= 0.3 is 0 Å². The van der Waals surface area contributed by atoms with Crippen LogP contribution in [-0.4, -0.2) is 17.2 Å². The number of rotatable bonds is 9. The molecule has 0 bridgehead atoms. The molecule has 0 unspecified atom stereocenters. The Kier molecular flexibility index (Phi) is 9.98. The largest absolute Gasteiger partial charge is 0.311 e. The third-order valence-electron chi connectivity index (χ3n) is 13.8. The van der Waals surface area contributed by atoms with Crippen LogP contribution < -0.4 is 25.6 Å². The third-order valence-corrected chi connectivity index (χ3v) is 18.5. The average molecular weight is 887 g/mol. The van der Waals surface area contributed by atoms with Crippen LogP contribution in [0, 0.1) is 25.2 Å². The van der Waals surface area contributed by atoms with Crippen molar-refractivity contribution in [2.24, 2.45) is 0 Å². The fourth-order valence-corrected chi connectivity index (χ4v) is 15.5. The van der Waals surface area contributed by atoms with Gasteiger partial charge in [-0.05, 0) is 144 Å². The minimum absolute atomic E-state index is 0.654. The van der Waals surface area contributed by atoms with Gasteiger partial charge in [0.15, 0.2) is 8.07 Å². The number of nitriles is 1. The zero-order chi connectivity index (χ0) is 45.8. The quantitative estimate of drug-likeness (QED) is 0.107. The molecule has 5 heteroatoms. The van der Waals surface area contributed by atoms with E-state index in [1.165, 1.54) is 53.7 Å². The van der Waals surface area contributed by atoms with E-state index in [4.69, 9.17) is 0 Å². The fraction of sp³-hybridized carbons (Fsp3) is 0.0317. The second kappa shape index (κ2) is 16.6. The van der Waals surface area contributed by atoms with E-state index in [0.29, 0.717) is 5.56 Å². The van der Waals surface area contributed by atoms with Gasteiger partial charge in [-0.2, -0.15) is 5.26 Å². The number of nitrogens with zero attached hydrogens (tertiary/aromatic N) is 4. The standard InChI is InChI=1S/C63H46N4Si/c1-44-25-36-61-57(39-44)58-40-45(2)26-37-62(58)67(61)50-34-30-48(31-35-50)65(47-28-32-49(33-29-47)66-60-24-13-12-23-56(60)59-41-46(43-64)27-38-63(59)66)51-15-14-22-55(42-51)68(52-16-6-3-7-17-52,53-18-8-4-9-19-53)54-20-10-5-11-21-54/h3-42H,1-2H3. The molecule has 12 rings (SSSR count). The van der Waals surface area contributed by atoms with Crippen LogP contribution >= 0.6 is 0 Å². The summed E-state index contributed by atoms with van der Waals surface area (Å²) in [5.74, 6) is 0. The minimum atomic E-state index is -2.84. The lowest BCUT2D eigenvalue weighted by atomic mass is 10.1. The Bertz CT molecular complexity index is 3710. The molecule has 0 amide bonds. The van der Waals surface area contributed by atoms with Gasteiger partial charge in [-0.1, -0.05) is 145 Å². The number of aromatic nitrogens is 2. The molecule has 12 aromatic rings. The van der Waals surface area contributed by atoms with E-state index >= 15 is 0 Å². The van der Waals surface area contributed by atoms with Gasteiger partial charge in [-0.3, -0.25) is 0 Å². The number of hydrogen-bond acceptors (Lipinski definition) is 2. The van der Waals surface area contributed by atoms with Gasteiger partial charge in [0.1, 0.15) is 0 Å². The van der Waals surface area contributed by atoms with Crippen LogP contribution in [-0.2, 0) is 0 Å². The Balaban J connectivity index is 1.05. The monoisotopic (exact) mass is 886 g/mol. The molecule has 2 heterocycles. The maximum Gasteiger partial charge on any atom is 0.179 e. The summed E-state index contributed by atoms with van der Waals surface area (Å²) in [6, 6.07) is 91.0. The predicted molar refractivity (Wildman–Crippen MR) is 288 cm³/mol. The molecule has 0 radical (unpaired) electrons. The second-order valence-electron chi connectivity index (χ2n) is 17.8. The lowest BCUT2D eigenvalue weighted by molar-refractivity contribution is 1.16. The number of benzene rings is 10. The zero-order valence-electron chi connectivity index (χ0n) is 37.9. The van der Waals surface area contributed by atoms with Gasteiger partial charge in [0, 0.05) is 50.0 Å². The van der Waals surface area contributed by atoms with E-state index in [2.05, 4.69) is 264 Å². The summed E-state index contributed by atoms with van der Waals surface area (Å²) in [5.41, 5.74) is 13.1. The fourth-order valence-electron chi connectivity index (χ4n) is 10.7.